The lowest BCUT2D eigenvalue weighted by molar-refractivity contribution is -0.134. The fraction of sp³-hybridized carbons (Fsp3) is 0.412. The highest BCUT2D eigenvalue weighted by Gasteiger charge is 2.29. The maximum absolute atomic E-state index is 12.4. The average molecular weight is 335 g/mol. The molecule has 1 aliphatic rings. The zero-order valence-electron chi connectivity index (χ0n) is 13.3. The molecule has 3 rings (SSSR count). The lowest BCUT2D eigenvalue weighted by Crippen LogP contribution is -2.32. The Bertz CT molecular complexity index is 643. The summed E-state index contributed by atoms with van der Waals surface area (Å²) >= 11 is 0. The standard InChI is InChI=1S/C17H22N4O.ClH/c1-20(17(22)14-7-8-15(18)9-14)11-13-10-19-21(12-13)16-5-3-2-4-6-16;/h2-6,10,12,14-15H,7-9,11,18H2,1H3;1H. The molecule has 1 aliphatic carbocycles. The van der Waals surface area contributed by atoms with Gasteiger partial charge in [-0.2, -0.15) is 5.10 Å². The van der Waals surface area contributed by atoms with Gasteiger partial charge in [-0.1, -0.05) is 18.2 Å². The van der Waals surface area contributed by atoms with Crippen molar-refractivity contribution in [2.75, 3.05) is 7.05 Å². The lowest BCUT2D eigenvalue weighted by atomic mass is 10.1. The molecule has 124 valence electrons. The van der Waals surface area contributed by atoms with Crippen LogP contribution >= 0.6 is 12.4 Å². The third-order valence-electron chi connectivity index (χ3n) is 4.28. The van der Waals surface area contributed by atoms with Crippen LogP contribution in [0.2, 0.25) is 0 Å². The second-order valence-electron chi connectivity index (χ2n) is 6.09. The van der Waals surface area contributed by atoms with Crippen molar-refractivity contribution in [2.24, 2.45) is 11.7 Å². The van der Waals surface area contributed by atoms with Gasteiger partial charge in [0.2, 0.25) is 5.91 Å². The van der Waals surface area contributed by atoms with Crippen molar-refractivity contribution in [1.82, 2.24) is 14.7 Å². The second kappa shape index (κ2) is 7.62. The van der Waals surface area contributed by atoms with Crippen molar-refractivity contribution in [3.8, 4) is 5.69 Å². The van der Waals surface area contributed by atoms with Crippen molar-refractivity contribution in [2.45, 2.75) is 31.8 Å². The number of amides is 1. The molecule has 2 atom stereocenters. The molecule has 0 radical (unpaired) electrons. The molecule has 1 saturated carbocycles. The monoisotopic (exact) mass is 334 g/mol. The molecule has 1 amide bonds. The molecule has 0 bridgehead atoms. The zero-order valence-corrected chi connectivity index (χ0v) is 14.1. The molecule has 1 heterocycles. The van der Waals surface area contributed by atoms with Crippen molar-refractivity contribution in [3.63, 3.8) is 0 Å². The van der Waals surface area contributed by atoms with Crippen LogP contribution in [0.4, 0.5) is 0 Å². The predicted octanol–water partition coefficient (Wildman–Crippen LogP) is 2.38. The Labute approximate surface area is 142 Å². The van der Waals surface area contributed by atoms with E-state index in [0.717, 1.165) is 30.5 Å². The topological polar surface area (TPSA) is 64.2 Å². The SMILES string of the molecule is CN(Cc1cnn(-c2ccccc2)c1)C(=O)C1CCC(N)C1.Cl. The number of benzene rings is 1. The van der Waals surface area contributed by atoms with Crippen molar-refractivity contribution >= 4 is 18.3 Å². The highest BCUT2D eigenvalue weighted by molar-refractivity contribution is 5.85. The molecule has 1 aromatic carbocycles. The number of para-hydroxylation sites is 1. The van der Waals surface area contributed by atoms with E-state index in [-0.39, 0.29) is 30.3 Å². The molecule has 5 nitrogen and oxygen atoms in total. The van der Waals surface area contributed by atoms with Crippen LogP contribution < -0.4 is 5.73 Å². The van der Waals surface area contributed by atoms with Crippen LogP contribution in [0, 0.1) is 5.92 Å². The summed E-state index contributed by atoms with van der Waals surface area (Å²) < 4.78 is 1.83. The molecule has 0 spiro atoms. The van der Waals surface area contributed by atoms with E-state index >= 15 is 0 Å². The number of hydrogen-bond donors (Lipinski definition) is 1. The van der Waals surface area contributed by atoms with Crippen LogP contribution in [0.5, 0.6) is 0 Å². The van der Waals surface area contributed by atoms with Gasteiger partial charge in [0.25, 0.3) is 0 Å². The third-order valence-corrected chi connectivity index (χ3v) is 4.28. The summed E-state index contributed by atoms with van der Waals surface area (Å²) in [5.41, 5.74) is 7.95. The third kappa shape index (κ3) is 4.12. The summed E-state index contributed by atoms with van der Waals surface area (Å²) in [5, 5.41) is 4.37. The fourth-order valence-electron chi connectivity index (χ4n) is 3.07. The minimum Gasteiger partial charge on any atom is -0.341 e. The molecular formula is C17H23ClN4O. The zero-order chi connectivity index (χ0) is 15.5. The quantitative estimate of drug-likeness (QED) is 0.933. The van der Waals surface area contributed by atoms with Gasteiger partial charge < -0.3 is 10.6 Å². The van der Waals surface area contributed by atoms with Gasteiger partial charge in [0, 0.05) is 37.3 Å². The van der Waals surface area contributed by atoms with E-state index in [9.17, 15) is 4.79 Å². The Morgan fingerprint density at radius 2 is 2.09 bits per heavy atom. The highest BCUT2D eigenvalue weighted by atomic mass is 35.5. The fourth-order valence-corrected chi connectivity index (χ4v) is 3.07. The van der Waals surface area contributed by atoms with E-state index in [1.54, 1.807) is 4.90 Å². The summed E-state index contributed by atoms with van der Waals surface area (Å²) in [6.45, 7) is 0.581. The summed E-state index contributed by atoms with van der Waals surface area (Å²) in [5.74, 6) is 0.282. The van der Waals surface area contributed by atoms with E-state index in [0.29, 0.717) is 6.54 Å². The number of aromatic nitrogens is 2. The Morgan fingerprint density at radius 1 is 1.35 bits per heavy atom. The van der Waals surface area contributed by atoms with Crippen molar-refractivity contribution in [3.05, 3.63) is 48.3 Å². The molecule has 2 N–H and O–H groups in total. The first-order chi connectivity index (χ1) is 10.6. The van der Waals surface area contributed by atoms with E-state index in [1.807, 2.05) is 54.5 Å². The van der Waals surface area contributed by atoms with E-state index in [1.165, 1.54) is 0 Å². The van der Waals surface area contributed by atoms with Crippen LogP contribution in [-0.2, 0) is 11.3 Å². The summed E-state index contributed by atoms with van der Waals surface area (Å²) in [6, 6.07) is 10.1. The van der Waals surface area contributed by atoms with Gasteiger partial charge in [-0.05, 0) is 31.4 Å². The molecule has 23 heavy (non-hydrogen) atoms. The number of hydrogen-bond acceptors (Lipinski definition) is 3. The van der Waals surface area contributed by atoms with Gasteiger partial charge in [0.05, 0.1) is 11.9 Å². The van der Waals surface area contributed by atoms with Crippen LogP contribution in [0.25, 0.3) is 5.69 Å². The number of carbonyl (C=O) groups is 1. The molecule has 6 heteroatoms. The molecule has 1 fully saturated rings. The van der Waals surface area contributed by atoms with Gasteiger partial charge in [0.15, 0.2) is 0 Å². The lowest BCUT2D eigenvalue weighted by Gasteiger charge is -2.20. The minimum absolute atomic E-state index is 0. The maximum atomic E-state index is 12.4. The summed E-state index contributed by atoms with van der Waals surface area (Å²) in [6.07, 6.45) is 6.47. The first-order valence-corrected chi connectivity index (χ1v) is 7.73. The second-order valence-corrected chi connectivity index (χ2v) is 6.09. The molecule has 2 aromatic rings. The van der Waals surface area contributed by atoms with Crippen LogP contribution in [0.1, 0.15) is 24.8 Å². The Balaban J connectivity index is 0.00000192. The number of carbonyl (C=O) groups excluding carboxylic acids is 1. The number of nitrogens with two attached hydrogens (primary N) is 1. The maximum Gasteiger partial charge on any atom is 0.225 e. The van der Waals surface area contributed by atoms with E-state index in [2.05, 4.69) is 5.10 Å². The highest BCUT2D eigenvalue weighted by Crippen LogP contribution is 2.26. The van der Waals surface area contributed by atoms with Gasteiger partial charge in [0.1, 0.15) is 0 Å². The van der Waals surface area contributed by atoms with Crippen LogP contribution in [0.3, 0.4) is 0 Å². The van der Waals surface area contributed by atoms with Crippen LogP contribution in [0.15, 0.2) is 42.7 Å². The van der Waals surface area contributed by atoms with Gasteiger partial charge in [-0.3, -0.25) is 4.79 Å². The normalized spacial score (nSPS) is 20.1. The average Bonchev–Trinajstić information content (AvgIpc) is 3.16. The minimum atomic E-state index is 0. The van der Waals surface area contributed by atoms with Gasteiger partial charge >= 0.3 is 0 Å². The Morgan fingerprint density at radius 3 is 2.74 bits per heavy atom. The Hall–Kier alpha value is -1.85. The van der Waals surface area contributed by atoms with Crippen molar-refractivity contribution in [1.29, 1.82) is 0 Å². The molecule has 1 aromatic heterocycles. The summed E-state index contributed by atoms with van der Waals surface area (Å²) in [4.78, 5) is 14.2. The smallest absolute Gasteiger partial charge is 0.225 e. The molecule has 0 aliphatic heterocycles. The first kappa shape index (κ1) is 17.5. The van der Waals surface area contributed by atoms with E-state index in [4.69, 9.17) is 5.73 Å². The largest absolute Gasteiger partial charge is 0.341 e. The van der Waals surface area contributed by atoms with Gasteiger partial charge in [-0.25, -0.2) is 4.68 Å². The van der Waals surface area contributed by atoms with Crippen LogP contribution in [-0.4, -0.2) is 33.7 Å². The van der Waals surface area contributed by atoms with E-state index < -0.39 is 0 Å². The number of nitrogens with zero attached hydrogens (tertiary/aromatic N) is 3. The predicted molar refractivity (Wildman–Crippen MR) is 92.6 cm³/mol. The summed E-state index contributed by atoms with van der Waals surface area (Å²) in [7, 11) is 1.85. The van der Waals surface area contributed by atoms with Gasteiger partial charge in [-0.15, -0.1) is 12.4 Å². The van der Waals surface area contributed by atoms with Crippen molar-refractivity contribution < 1.29 is 4.79 Å². The molecule has 2 unspecified atom stereocenters. The number of rotatable bonds is 4. The molecule has 0 saturated heterocycles. The first-order valence-electron chi connectivity index (χ1n) is 7.73. The number of halogens is 1. The Kier molecular flexibility index (Phi) is 5.80. The molecular weight excluding hydrogens is 312 g/mol.